The van der Waals surface area contributed by atoms with Crippen molar-refractivity contribution in [1.82, 2.24) is 4.90 Å². The second kappa shape index (κ2) is 9.46. The number of likely N-dealkylation sites (tertiary alicyclic amines) is 1. The number of hydrogen-bond acceptors (Lipinski definition) is 3. The number of rotatable bonds is 8. The average Bonchev–Trinajstić information content (AvgIpc) is 2.70. The van der Waals surface area contributed by atoms with E-state index in [9.17, 15) is 4.79 Å². The molecule has 4 rings (SSSR count). The summed E-state index contributed by atoms with van der Waals surface area (Å²) in [7, 11) is 0. The van der Waals surface area contributed by atoms with Gasteiger partial charge in [0.25, 0.3) is 0 Å². The van der Waals surface area contributed by atoms with Crippen LogP contribution in [0.4, 0.5) is 0 Å². The Balaban J connectivity index is 1.36. The van der Waals surface area contributed by atoms with Crippen LogP contribution < -0.4 is 4.74 Å². The molecule has 31 heavy (non-hydrogen) atoms. The topological polar surface area (TPSA) is 49.8 Å². The third-order valence-electron chi connectivity index (χ3n) is 6.11. The van der Waals surface area contributed by atoms with E-state index >= 15 is 0 Å². The number of carboxylic acid groups (broad SMARTS) is 1. The summed E-state index contributed by atoms with van der Waals surface area (Å²) in [4.78, 5) is 13.2. The van der Waals surface area contributed by atoms with Crippen LogP contribution >= 0.6 is 11.6 Å². The maximum absolute atomic E-state index is 11.0. The van der Waals surface area contributed by atoms with E-state index in [1.54, 1.807) is 0 Å². The molecule has 0 bridgehead atoms. The van der Waals surface area contributed by atoms with Gasteiger partial charge < -0.3 is 9.84 Å². The van der Waals surface area contributed by atoms with E-state index < -0.39 is 5.97 Å². The van der Waals surface area contributed by atoms with Crippen molar-refractivity contribution in [3.8, 4) is 5.75 Å². The first-order chi connectivity index (χ1) is 14.9. The van der Waals surface area contributed by atoms with Crippen LogP contribution in [0.1, 0.15) is 42.5 Å². The molecule has 4 nitrogen and oxygen atoms in total. The Bertz CT molecular complexity index is 975. The number of nitrogens with zero attached hydrogens (tertiary/aromatic N) is 1. The van der Waals surface area contributed by atoms with Crippen LogP contribution in [0.3, 0.4) is 0 Å². The van der Waals surface area contributed by atoms with Gasteiger partial charge in [0.2, 0.25) is 0 Å². The number of benzene rings is 2. The fourth-order valence-corrected chi connectivity index (χ4v) is 4.69. The molecule has 1 aliphatic heterocycles. The molecule has 1 aliphatic carbocycles. The predicted octanol–water partition coefficient (Wildman–Crippen LogP) is 5.38. The summed E-state index contributed by atoms with van der Waals surface area (Å²) in [5.41, 5.74) is 6.02. The van der Waals surface area contributed by atoms with Gasteiger partial charge in [-0.1, -0.05) is 49.7 Å². The molecule has 1 saturated heterocycles. The van der Waals surface area contributed by atoms with Gasteiger partial charge in [-0.2, -0.15) is 0 Å². The zero-order valence-electron chi connectivity index (χ0n) is 18.2. The fraction of sp³-hybridized carbons (Fsp3) is 0.423. The molecule has 2 aliphatic rings. The number of aliphatic carboxylic acids is 1. The van der Waals surface area contributed by atoms with Crippen molar-refractivity contribution in [1.29, 1.82) is 0 Å². The highest BCUT2D eigenvalue weighted by Gasteiger charge is 2.33. The van der Waals surface area contributed by atoms with Gasteiger partial charge >= 0.3 is 5.97 Å². The van der Waals surface area contributed by atoms with Gasteiger partial charge in [-0.05, 0) is 71.2 Å². The van der Waals surface area contributed by atoms with E-state index in [4.69, 9.17) is 21.4 Å². The van der Waals surface area contributed by atoms with Crippen LogP contribution in [0, 0.1) is 11.8 Å². The van der Waals surface area contributed by atoms with Gasteiger partial charge in [0, 0.05) is 24.7 Å². The number of hydrogen-bond donors (Lipinski definition) is 1. The van der Waals surface area contributed by atoms with E-state index in [0.717, 1.165) is 42.2 Å². The number of fused-ring (bicyclic) bond motifs is 1. The number of halogens is 1. The molecule has 0 aromatic heterocycles. The van der Waals surface area contributed by atoms with Crippen LogP contribution in [0.5, 0.6) is 5.75 Å². The van der Waals surface area contributed by atoms with E-state index in [0.29, 0.717) is 25.6 Å². The normalized spacial score (nSPS) is 16.9. The van der Waals surface area contributed by atoms with Gasteiger partial charge in [0.1, 0.15) is 12.4 Å². The van der Waals surface area contributed by atoms with Gasteiger partial charge in [0.15, 0.2) is 0 Å². The van der Waals surface area contributed by atoms with Crippen molar-refractivity contribution >= 4 is 22.6 Å². The lowest BCUT2D eigenvalue weighted by Crippen LogP contribution is -2.50. The van der Waals surface area contributed by atoms with Crippen molar-refractivity contribution in [2.24, 2.45) is 11.8 Å². The summed E-state index contributed by atoms with van der Waals surface area (Å²) in [6.07, 6.45) is 2.93. The highest BCUT2D eigenvalue weighted by Crippen LogP contribution is 2.37. The molecule has 2 aromatic carbocycles. The summed E-state index contributed by atoms with van der Waals surface area (Å²) in [5, 5.41) is 9.86. The first kappa shape index (κ1) is 21.9. The molecule has 1 fully saturated rings. The molecule has 0 unspecified atom stereocenters. The summed E-state index contributed by atoms with van der Waals surface area (Å²) < 4.78 is 6.04. The van der Waals surface area contributed by atoms with Crippen molar-refractivity contribution in [2.45, 2.75) is 39.7 Å². The Kier molecular flexibility index (Phi) is 6.68. The first-order valence-corrected chi connectivity index (χ1v) is 11.4. The Hall–Kier alpha value is -2.30. The summed E-state index contributed by atoms with van der Waals surface area (Å²) in [5.74, 6) is 0.585. The Morgan fingerprint density at radius 2 is 1.84 bits per heavy atom. The minimum atomic E-state index is -0.704. The smallest absolute Gasteiger partial charge is 0.309 e. The molecule has 0 radical (unpaired) electrons. The SMILES string of the molecule is CC(C)Cc1ccc(COc2ccc3c(c2)CCC(CN2CC(C(=O)O)C2)=C3Cl)cc1. The summed E-state index contributed by atoms with van der Waals surface area (Å²) in [6.45, 7) is 7.00. The molecule has 0 atom stereocenters. The quantitative estimate of drug-likeness (QED) is 0.600. The molecule has 0 spiro atoms. The third-order valence-corrected chi connectivity index (χ3v) is 6.58. The minimum Gasteiger partial charge on any atom is -0.489 e. The summed E-state index contributed by atoms with van der Waals surface area (Å²) in [6, 6.07) is 14.8. The molecule has 2 aromatic rings. The number of ether oxygens (including phenoxy) is 1. The van der Waals surface area contributed by atoms with Crippen LogP contribution in [-0.4, -0.2) is 35.6 Å². The fourth-order valence-electron chi connectivity index (χ4n) is 4.35. The Labute approximate surface area is 189 Å². The Morgan fingerprint density at radius 3 is 2.52 bits per heavy atom. The molecule has 1 N–H and O–H groups in total. The van der Waals surface area contributed by atoms with Crippen molar-refractivity contribution < 1.29 is 14.6 Å². The monoisotopic (exact) mass is 439 g/mol. The van der Waals surface area contributed by atoms with E-state index in [1.165, 1.54) is 22.3 Å². The molecule has 1 heterocycles. The zero-order chi connectivity index (χ0) is 22.0. The van der Waals surface area contributed by atoms with Crippen molar-refractivity contribution in [2.75, 3.05) is 19.6 Å². The highest BCUT2D eigenvalue weighted by molar-refractivity contribution is 6.49. The lowest BCUT2D eigenvalue weighted by molar-refractivity contribution is -0.147. The molecule has 164 valence electrons. The highest BCUT2D eigenvalue weighted by atomic mass is 35.5. The molecule has 5 heteroatoms. The van der Waals surface area contributed by atoms with Crippen LogP contribution in [0.25, 0.3) is 5.03 Å². The predicted molar refractivity (Wildman–Crippen MR) is 124 cm³/mol. The van der Waals surface area contributed by atoms with Gasteiger partial charge in [-0.3, -0.25) is 9.69 Å². The standard InChI is InChI=1S/C26H30ClNO3/c1-17(2)11-18-3-5-19(6-4-18)16-31-23-9-10-24-20(12-23)7-8-21(25(24)27)13-28-14-22(15-28)26(29)30/h3-6,9-10,12,17,22H,7-8,11,13-16H2,1-2H3,(H,29,30). The van der Waals surface area contributed by atoms with E-state index in [-0.39, 0.29) is 5.92 Å². The number of carbonyl (C=O) groups is 1. The number of carboxylic acids is 1. The van der Waals surface area contributed by atoms with Crippen LogP contribution in [0.15, 0.2) is 48.0 Å². The summed E-state index contributed by atoms with van der Waals surface area (Å²) >= 11 is 6.71. The van der Waals surface area contributed by atoms with E-state index in [2.05, 4.69) is 49.1 Å². The maximum atomic E-state index is 11.0. The second-order valence-electron chi connectivity index (χ2n) is 9.17. The maximum Gasteiger partial charge on any atom is 0.309 e. The zero-order valence-corrected chi connectivity index (χ0v) is 19.0. The van der Waals surface area contributed by atoms with E-state index in [1.807, 2.05) is 12.1 Å². The molecular weight excluding hydrogens is 410 g/mol. The molecule has 0 amide bonds. The minimum absolute atomic E-state index is 0.235. The largest absolute Gasteiger partial charge is 0.489 e. The Morgan fingerprint density at radius 1 is 1.13 bits per heavy atom. The van der Waals surface area contributed by atoms with Crippen molar-refractivity contribution in [3.05, 3.63) is 70.3 Å². The lowest BCUT2D eigenvalue weighted by atomic mass is 9.90. The van der Waals surface area contributed by atoms with Gasteiger partial charge in [-0.25, -0.2) is 0 Å². The molecule has 0 saturated carbocycles. The molecular formula is C26H30ClNO3. The first-order valence-electron chi connectivity index (χ1n) is 11.1. The third kappa shape index (κ3) is 5.31. The van der Waals surface area contributed by atoms with Crippen LogP contribution in [-0.2, 0) is 24.2 Å². The number of aryl methyl sites for hydroxylation is 1. The van der Waals surface area contributed by atoms with Gasteiger partial charge in [-0.15, -0.1) is 0 Å². The average molecular weight is 440 g/mol. The lowest BCUT2D eigenvalue weighted by Gasteiger charge is -2.38. The second-order valence-corrected chi connectivity index (χ2v) is 9.55. The van der Waals surface area contributed by atoms with Gasteiger partial charge in [0.05, 0.1) is 5.92 Å². The van der Waals surface area contributed by atoms with Crippen molar-refractivity contribution in [3.63, 3.8) is 0 Å². The van der Waals surface area contributed by atoms with Crippen LogP contribution in [0.2, 0.25) is 0 Å².